The van der Waals surface area contributed by atoms with Gasteiger partial charge in [-0.25, -0.2) is 0 Å². The van der Waals surface area contributed by atoms with Crippen LogP contribution in [0.2, 0.25) is 5.02 Å². The molecule has 1 unspecified atom stereocenters. The average Bonchev–Trinajstić information content (AvgIpc) is 2.82. The van der Waals surface area contributed by atoms with Crippen molar-refractivity contribution in [3.63, 3.8) is 0 Å². The Hall–Kier alpha value is -0.620. The summed E-state index contributed by atoms with van der Waals surface area (Å²) < 4.78 is 7.67. The Balaban J connectivity index is 2.12. The molecule has 6 heteroatoms. The molecule has 5 nitrogen and oxygen atoms in total. The predicted octanol–water partition coefficient (Wildman–Crippen LogP) is 1.93. The Morgan fingerprint density at radius 2 is 2.19 bits per heavy atom. The minimum atomic E-state index is 0.403. The quantitative estimate of drug-likeness (QED) is 0.835. The summed E-state index contributed by atoms with van der Waals surface area (Å²) >= 11 is 6.52. The topological polar surface area (TPSA) is 42.3 Å². The van der Waals surface area contributed by atoms with Crippen LogP contribution >= 0.6 is 11.6 Å². The van der Waals surface area contributed by atoms with Gasteiger partial charge in [-0.3, -0.25) is 9.58 Å². The van der Waals surface area contributed by atoms with Gasteiger partial charge in [-0.15, -0.1) is 0 Å². The summed E-state index contributed by atoms with van der Waals surface area (Å²) in [6.07, 6.45) is 0.878. The lowest BCUT2D eigenvalue weighted by Gasteiger charge is -2.35. The van der Waals surface area contributed by atoms with Gasteiger partial charge in [0.05, 0.1) is 29.6 Å². The first-order chi connectivity index (χ1) is 10.2. The van der Waals surface area contributed by atoms with E-state index in [9.17, 15) is 0 Å². The number of nitrogens with one attached hydrogen (secondary N) is 1. The van der Waals surface area contributed by atoms with Gasteiger partial charge >= 0.3 is 0 Å². The van der Waals surface area contributed by atoms with Crippen LogP contribution in [0.3, 0.4) is 0 Å². The number of rotatable bonds is 7. The summed E-state index contributed by atoms with van der Waals surface area (Å²) in [6, 6.07) is 0.403. The third-order valence-electron chi connectivity index (χ3n) is 4.03. The van der Waals surface area contributed by atoms with E-state index in [1.807, 2.05) is 4.68 Å². The SMILES string of the molecule is CCNCC1COCCN1Cc1c(Cl)c(CC)nn1CC. The van der Waals surface area contributed by atoms with Crippen LogP contribution in [0.25, 0.3) is 0 Å². The normalized spacial score (nSPS) is 20.1. The zero-order valence-corrected chi connectivity index (χ0v) is 14.1. The van der Waals surface area contributed by atoms with E-state index in [-0.39, 0.29) is 0 Å². The lowest BCUT2D eigenvalue weighted by molar-refractivity contribution is -0.0118. The number of morpholine rings is 1. The number of aryl methyl sites for hydroxylation is 2. The van der Waals surface area contributed by atoms with Crippen molar-refractivity contribution in [3.8, 4) is 0 Å². The average molecular weight is 315 g/mol. The fraction of sp³-hybridized carbons (Fsp3) is 0.800. The molecule has 0 aliphatic carbocycles. The summed E-state index contributed by atoms with van der Waals surface area (Å²) in [7, 11) is 0. The molecule has 0 saturated carbocycles. The zero-order chi connectivity index (χ0) is 15.2. The fourth-order valence-electron chi connectivity index (χ4n) is 2.76. The van der Waals surface area contributed by atoms with Crippen molar-refractivity contribution in [1.29, 1.82) is 0 Å². The third kappa shape index (κ3) is 3.97. The maximum absolute atomic E-state index is 6.52. The standard InChI is InChI=1S/C15H27ClN4O/c1-4-13-15(16)14(20(6-3)18-13)10-19-7-8-21-11-12(19)9-17-5-2/h12,17H,4-11H2,1-3H3. The maximum Gasteiger partial charge on any atom is 0.0863 e. The van der Waals surface area contributed by atoms with E-state index < -0.39 is 0 Å². The Kier molecular flexibility index (Phi) is 6.48. The molecule has 2 rings (SSSR count). The molecule has 2 heterocycles. The summed E-state index contributed by atoms with van der Waals surface area (Å²) in [5.74, 6) is 0. The number of ether oxygens (including phenoxy) is 1. The second-order valence-corrected chi connectivity index (χ2v) is 5.76. The Morgan fingerprint density at radius 3 is 2.86 bits per heavy atom. The number of halogens is 1. The van der Waals surface area contributed by atoms with Crippen molar-refractivity contribution in [1.82, 2.24) is 20.0 Å². The molecular weight excluding hydrogens is 288 g/mol. The Bertz CT molecular complexity index is 449. The number of aromatic nitrogens is 2. The van der Waals surface area contributed by atoms with Gasteiger partial charge in [-0.05, 0) is 19.9 Å². The van der Waals surface area contributed by atoms with E-state index in [2.05, 4.69) is 36.1 Å². The number of nitrogens with zero attached hydrogens (tertiary/aromatic N) is 3. The van der Waals surface area contributed by atoms with Crippen LogP contribution in [0.4, 0.5) is 0 Å². The monoisotopic (exact) mass is 314 g/mol. The van der Waals surface area contributed by atoms with Crippen molar-refractivity contribution in [2.24, 2.45) is 0 Å². The molecule has 1 fully saturated rings. The molecule has 1 N–H and O–H groups in total. The van der Waals surface area contributed by atoms with Gasteiger partial charge in [0.15, 0.2) is 0 Å². The van der Waals surface area contributed by atoms with E-state index in [0.717, 1.165) is 68.8 Å². The summed E-state index contributed by atoms with van der Waals surface area (Å²) in [4.78, 5) is 2.46. The van der Waals surface area contributed by atoms with Gasteiger partial charge < -0.3 is 10.1 Å². The molecule has 1 aromatic rings. The van der Waals surface area contributed by atoms with Crippen molar-refractivity contribution in [2.75, 3.05) is 32.8 Å². The Morgan fingerprint density at radius 1 is 1.38 bits per heavy atom. The fourth-order valence-corrected chi connectivity index (χ4v) is 3.09. The van der Waals surface area contributed by atoms with Gasteiger partial charge in [0, 0.05) is 32.2 Å². The summed E-state index contributed by atoms with van der Waals surface area (Å²) in [6.45, 7) is 12.5. The zero-order valence-electron chi connectivity index (χ0n) is 13.4. The van der Waals surface area contributed by atoms with Crippen molar-refractivity contribution >= 4 is 11.6 Å². The number of hydrogen-bond acceptors (Lipinski definition) is 4. The first kappa shape index (κ1) is 16.7. The minimum absolute atomic E-state index is 0.403. The van der Waals surface area contributed by atoms with Crippen LogP contribution in [0.5, 0.6) is 0 Å². The highest BCUT2D eigenvalue weighted by Crippen LogP contribution is 2.24. The van der Waals surface area contributed by atoms with Crippen LogP contribution in [-0.2, 0) is 24.2 Å². The van der Waals surface area contributed by atoms with Crippen LogP contribution in [-0.4, -0.2) is 53.6 Å². The highest BCUT2D eigenvalue weighted by Gasteiger charge is 2.25. The number of likely N-dealkylation sites (N-methyl/N-ethyl adjacent to an activating group) is 1. The lowest BCUT2D eigenvalue weighted by Crippen LogP contribution is -2.50. The number of hydrogen-bond donors (Lipinski definition) is 1. The van der Waals surface area contributed by atoms with E-state index in [1.54, 1.807) is 0 Å². The molecule has 1 aliphatic rings. The Labute approximate surface area is 132 Å². The van der Waals surface area contributed by atoms with E-state index in [1.165, 1.54) is 0 Å². The largest absolute Gasteiger partial charge is 0.378 e. The summed E-state index contributed by atoms with van der Waals surface area (Å²) in [5, 5.41) is 8.87. The first-order valence-electron chi connectivity index (χ1n) is 7.97. The first-order valence-corrected chi connectivity index (χ1v) is 8.35. The van der Waals surface area contributed by atoms with Gasteiger partial charge in [-0.2, -0.15) is 5.10 Å². The van der Waals surface area contributed by atoms with Gasteiger partial charge in [0.1, 0.15) is 0 Å². The minimum Gasteiger partial charge on any atom is -0.378 e. The van der Waals surface area contributed by atoms with Gasteiger partial charge in [0.25, 0.3) is 0 Å². The molecule has 120 valence electrons. The van der Waals surface area contributed by atoms with E-state index >= 15 is 0 Å². The molecule has 0 spiro atoms. The van der Waals surface area contributed by atoms with Crippen LogP contribution in [0.1, 0.15) is 32.2 Å². The maximum atomic E-state index is 6.52. The van der Waals surface area contributed by atoms with Gasteiger partial charge in [-0.1, -0.05) is 25.4 Å². The molecule has 1 atom stereocenters. The summed E-state index contributed by atoms with van der Waals surface area (Å²) in [5.41, 5.74) is 2.14. The molecule has 1 aliphatic heterocycles. The molecule has 0 bridgehead atoms. The molecule has 1 saturated heterocycles. The van der Waals surface area contributed by atoms with Crippen LogP contribution in [0, 0.1) is 0 Å². The van der Waals surface area contributed by atoms with Crippen molar-refractivity contribution in [3.05, 3.63) is 16.4 Å². The second kappa shape index (κ2) is 8.13. The third-order valence-corrected chi connectivity index (χ3v) is 4.46. The predicted molar refractivity (Wildman–Crippen MR) is 85.8 cm³/mol. The smallest absolute Gasteiger partial charge is 0.0863 e. The molecule has 0 amide bonds. The molecule has 21 heavy (non-hydrogen) atoms. The van der Waals surface area contributed by atoms with Gasteiger partial charge in [0.2, 0.25) is 0 Å². The molecule has 0 aromatic carbocycles. The molecular formula is C15H27ClN4O. The lowest BCUT2D eigenvalue weighted by atomic mass is 10.2. The van der Waals surface area contributed by atoms with Crippen molar-refractivity contribution < 1.29 is 4.74 Å². The van der Waals surface area contributed by atoms with E-state index in [4.69, 9.17) is 16.3 Å². The van der Waals surface area contributed by atoms with Crippen molar-refractivity contribution in [2.45, 2.75) is 46.3 Å². The van der Waals surface area contributed by atoms with Crippen LogP contribution < -0.4 is 5.32 Å². The molecule has 1 aromatic heterocycles. The second-order valence-electron chi connectivity index (χ2n) is 5.38. The highest BCUT2D eigenvalue weighted by atomic mass is 35.5. The highest BCUT2D eigenvalue weighted by molar-refractivity contribution is 6.31. The molecule has 0 radical (unpaired) electrons. The van der Waals surface area contributed by atoms with E-state index in [0.29, 0.717) is 6.04 Å². The van der Waals surface area contributed by atoms with Crippen LogP contribution in [0.15, 0.2) is 0 Å².